The molecule has 1 aliphatic rings. The highest BCUT2D eigenvalue weighted by Crippen LogP contribution is 2.33. The summed E-state index contributed by atoms with van der Waals surface area (Å²) in [4.78, 5) is 29.6. The molecule has 0 saturated carbocycles. The lowest BCUT2D eigenvalue weighted by Crippen LogP contribution is -2.58. The van der Waals surface area contributed by atoms with Gasteiger partial charge in [-0.25, -0.2) is 4.98 Å². The van der Waals surface area contributed by atoms with Gasteiger partial charge in [-0.2, -0.15) is 0 Å². The minimum atomic E-state index is -1.64. The summed E-state index contributed by atoms with van der Waals surface area (Å²) < 4.78 is 7.63. The van der Waals surface area contributed by atoms with E-state index in [4.69, 9.17) is 4.74 Å². The Kier molecular flexibility index (Phi) is 3.64. The number of benzene rings is 2. The van der Waals surface area contributed by atoms with E-state index >= 15 is 0 Å². The van der Waals surface area contributed by atoms with E-state index in [0.29, 0.717) is 17.3 Å². The molecular formula is C19H18N4O3. The minimum absolute atomic E-state index is 0.192. The van der Waals surface area contributed by atoms with Crippen LogP contribution in [0.5, 0.6) is 5.75 Å². The summed E-state index contributed by atoms with van der Waals surface area (Å²) >= 11 is 0. The lowest BCUT2D eigenvalue weighted by molar-refractivity contribution is -0.146. The largest absolute Gasteiger partial charge is 0.466 e. The molecule has 1 aliphatic heterocycles. The quantitative estimate of drug-likeness (QED) is 0.708. The van der Waals surface area contributed by atoms with Crippen molar-refractivity contribution in [2.45, 2.75) is 19.1 Å². The first kappa shape index (κ1) is 16.1. The Morgan fingerprint density at radius 1 is 1.23 bits per heavy atom. The third-order valence-electron chi connectivity index (χ3n) is 4.60. The van der Waals surface area contributed by atoms with E-state index in [0.717, 1.165) is 11.0 Å². The van der Waals surface area contributed by atoms with Gasteiger partial charge in [0.2, 0.25) is 0 Å². The second-order valence-corrected chi connectivity index (χ2v) is 6.34. The van der Waals surface area contributed by atoms with Gasteiger partial charge in [-0.05, 0) is 31.2 Å². The highest BCUT2D eigenvalue weighted by molar-refractivity contribution is 6.15. The second-order valence-electron chi connectivity index (χ2n) is 6.34. The number of anilines is 1. The number of carbonyl (C=O) groups is 2. The third kappa shape index (κ3) is 2.48. The van der Waals surface area contributed by atoms with Crippen LogP contribution in [-0.4, -0.2) is 27.0 Å². The van der Waals surface area contributed by atoms with Crippen LogP contribution in [0.25, 0.3) is 11.0 Å². The Hall–Kier alpha value is -3.35. The molecule has 7 nitrogen and oxygen atoms in total. The van der Waals surface area contributed by atoms with Gasteiger partial charge in [0.05, 0.1) is 23.3 Å². The number of rotatable bonds is 3. The van der Waals surface area contributed by atoms with E-state index in [2.05, 4.69) is 15.6 Å². The zero-order chi connectivity index (χ0) is 18.3. The minimum Gasteiger partial charge on any atom is -0.466 e. The van der Waals surface area contributed by atoms with Crippen molar-refractivity contribution >= 4 is 28.5 Å². The average molecular weight is 350 g/mol. The highest BCUT2D eigenvalue weighted by Gasteiger charge is 2.47. The molecule has 132 valence electrons. The molecule has 0 spiro atoms. The predicted octanol–water partition coefficient (Wildman–Crippen LogP) is 1.98. The van der Waals surface area contributed by atoms with Crippen LogP contribution in [0, 0.1) is 0 Å². The fourth-order valence-electron chi connectivity index (χ4n) is 3.00. The molecule has 2 heterocycles. The fraction of sp³-hybridized carbons (Fsp3) is 0.211. The van der Waals surface area contributed by atoms with Crippen LogP contribution in [0.1, 0.15) is 12.7 Å². The Bertz CT molecular complexity index is 1030. The standard InChI is InChI=1S/C19H18N4O3/c1-19(18(25)22-13-8-4-6-10-15(13)26-19)17(24)20-11-16-21-12-7-3-5-9-14(12)23(16)2/h3-10H,11H2,1-2H3,(H,20,24)(H,22,25)/t19-/m1/s1. The molecule has 1 aromatic heterocycles. The van der Waals surface area contributed by atoms with Crippen molar-refractivity contribution in [3.8, 4) is 5.75 Å². The van der Waals surface area contributed by atoms with Crippen LogP contribution in [0.3, 0.4) is 0 Å². The summed E-state index contributed by atoms with van der Waals surface area (Å²) in [7, 11) is 1.89. The van der Waals surface area contributed by atoms with Crippen LogP contribution in [0.4, 0.5) is 5.69 Å². The SMILES string of the molecule is Cn1c(CNC(=O)[C@@]2(C)Oc3ccccc3NC2=O)nc2ccccc21. The zero-order valence-corrected chi connectivity index (χ0v) is 14.4. The number of aromatic nitrogens is 2. The molecule has 0 aliphatic carbocycles. The Morgan fingerprint density at radius 2 is 1.96 bits per heavy atom. The summed E-state index contributed by atoms with van der Waals surface area (Å²) in [5, 5.41) is 5.48. The van der Waals surface area contributed by atoms with Crippen molar-refractivity contribution in [3.63, 3.8) is 0 Å². The zero-order valence-electron chi connectivity index (χ0n) is 14.4. The van der Waals surface area contributed by atoms with Gasteiger partial charge in [-0.3, -0.25) is 9.59 Å². The van der Waals surface area contributed by atoms with Crippen LogP contribution in [-0.2, 0) is 23.2 Å². The second kappa shape index (κ2) is 5.87. The summed E-state index contributed by atoms with van der Waals surface area (Å²) in [6.45, 7) is 1.65. The molecule has 3 aromatic rings. The molecule has 1 atom stereocenters. The number of fused-ring (bicyclic) bond motifs is 2. The van der Waals surface area contributed by atoms with E-state index in [1.807, 2.05) is 35.9 Å². The molecule has 26 heavy (non-hydrogen) atoms. The van der Waals surface area contributed by atoms with Crippen molar-refractivity contribution < 1.29 is 14.3 Å². The summed E-state index contributed by atoms with van der Waals surface area (Å²) in [6, 6.07) is 14.7. The van der Waals surface area contributed by atoms with Crippen LogP contribution < -0.4 is 15.4 Å². The van der Waals surface area contributed by atoms with Gasteiger partial charge >= 0.3 is 0 Å². The summed E-state index contributed by atoms with van der Waals surface area (Å²) in [6.07, 6.45) is 0. The maximum absolute atomic E-state index is 12.7. The number of para-hydroxylation sites is 4. The van der Waals surface area contributed by atoms with E-state index in [9.17, 15) is 9.59 Å². The van der Waals surface area contributed by atoms with Crippen molar-refractivity contribution in [2.75, 3.05) is 5.32 Å². The molecular weight excluding hydrogens is 332 g/mol. The van der Waals surface area contributed by atoms with Crippen molar-refractivity contribution in [2.24, 2.45) is 7.05 Å². The van der Waals surface area contributed by atoms with Crippen LogP contribution in [0.2, 0.25) is 0 Å². The maximum atomic E-state index is 12.7. The smallest absolute Gasteiger partial charge is 0.278 e. The molecule has 2 N–H and O–H groups in total. The average Bonchev–Trinajstić information content (AvgIpc) is 2.97. The number of hydrogen-bond acceptors (Lipinski definition) is 4. The number of imidazole rings is 1. The molecule has 0 fully saturated rings. The Balaban J connectivity index is 1.54. The van der Waals surface area contributed by atoms with E-state index in [1.54, 1.807) is 24.3 Å². The molecule has 2 aromatic carbocycles. The number of nitrogens with one attached hydrogen (secondary N) is 2. The van der Waals surface area contributed by atoms with Crippen LogP contribution in [0.15, 0.2) is 48.5 Å². The highest BCUT2D eigenvalue weighted by atomic mass is 16.5. The summed E-state index contributed by atoms with van der Waals surface area (Å²) in [5.41, 5.74) is 0.742. The molecule has 7 heteroatoms. The number of hydrogen-bond donors (Lipinski definition) is 2. The predicted molar refractivity (Wildman–Crippen MR) is 96.7 cm³/mol. The molecule has 0 radical (unpaired) electrons. The van der Waals surface area contributed by atoms with E-state index < -0.39 is 17.4 Å². The monoisotopic (exact) mass is 350 g/mol. The van der Waals surface area contributed by atoms with Gasteiger partial charge in [0.15, 0.2) is 0 Å². The molecule has 0 saturated heterocycles. The summed E-state index contributed by atoms with van der Waals surface area (Å²) in [5.74, 6) is 0.141. The van der Waals surface area contributed by atoms with Crippen molar-refractivity contribution in [1.29, 1.82) is 0 Å². The van der Waals surface area contributed by atoms with Crippen molar-refractivity contribution in [3.05, 3.63) is 54.4 Å². The Labute approximate surface area is 150 Å². The number of aryl methyl sites for hydroxylation is 1. The van der Waals surface area contributed by atoms with Crippen LogP contribution >= 0.6 is 0 Å². The molecule has 0 unspecified atom stereocenters. The van der Waals surface area contributed by atoms with E-state index in [1.165, 1.54) is 6.92 Å². The Morgan fingerprint density at radius 3 is 2.77 bits per heavy atom. The van der Waals surface area contributed by atoms with Gasteiger partial charge in [-0.1, -0.05) is 24.3 Å². The first-order valence-electron chi connectivity index (χ1n) is 8.27. The maximum Gasteiger partial charge on any atom is 0.278 e. The molecule has 0 bridgehead atoms. The number of ether oxygens (including phenoxy) is 1. The normalized spacial score (nSPS) is 18.8. The molecule has 4 rings (SSSR count). The van der Waals surface area contributed by atoms with E-state index in [-0.39, 0.29) is 6.54 Å². The number of amides is 2. The van der Waals surface area contributed by atoms with Gasteiger partial charge in [0.1, 0.15) is 11.6 Å². The molecule has 2 amide bonds. The fourth-order valence-corrected chi connectivity index (χ4v) is 3.00. The number of nitrogens with zero attached hydrogens (tertiary/aromatic N) is 2. The topological polar surface area (TPSA) is 85.3 Å². The van der Waals surface area contributed by atoms with Gasteiger partial charge in [0.25, 0.3) is 17.4 Å². The van der Waals surface area contributed by atoms with Gasteiger partial charge in [0, 0.05) is 7.05 Å². The lowest BCUT2D eigenvalue weighted by Gasteiger charge is -2.33. The third-order valence-corrected chi connectivity index (χ3v) is 4.60. The lowest BCUT2D eigenvalue weighted by atomic mass is 10.0. The number of carbonyl (C=O) groups excluding carboxylic acids is 2. The van der Waals surface area contributed by atoms with Gasteiger partial charge in [-0.15, -0.1) is 0 Å². The van der Waals surface area contributed by atoms with Gasteiger partial charge < -0.3 is 19.9 Å². The first-order chi connectivity index (χ1) is 12.5. The first-order valence-corrected chi connectivity index (χ1v) is 8.27. The van der Waals surface area contributed by atoms with Crippen molar-refractivity contribution in [1.82, 2.24) is 14.9 Å².